The van der Waals surface area contributed by atoms with E-state index < -0.39 is 0 Å². The molecule has 1 aliphatic rings. The fraction of sp³-hybridized carbons (Fsp3) is 0.455. The third kappa shape index (κ3) is 2.56. The standard InChI is InChI=1S/C11H16S/c1-4-6-7-10(3)12-11(5-2)8-9-11/h4,6-7H,1,3,5,8-9H2,2H3/b7-6-. The average molecular weight is 180 g/mol. The first-order chi connectivity index (χ1) is 5.72. The van der Waals surface area contributed by atoms with Crippen LogP contribution in [0.15, 0.2) is 36.3 Å². The highest BCUT2D eigenvalue weighted by Gasteiger charge is 2.41. The van der Waals surface area contributed by atoms with Crippen LogP contribution in [0.3, 0.4) is 0 Å². The van der Waals surface area contributed by atoms with Crippen LogP contribution < -0.4 is 0 Å². The molecule has 1 rings (SSSR count). The summed E-state index contributed by atoms with van der Waals surface area (Å²) in [5, 5.41) is 0. The summed E-state index contributed by atoms with van der Waals surface area (Å²) in [6.07, 6.45) is 9.74. The molecule has 0 aromatic heterocycles. The predicted molar refractivity (Wildman–Crippen MR) is 58.3 cm³/mol. The average Bonchev–Trinajstić information content (AvgIpc) is 2.82. The van der Waals surface area contributed by atoms with Crippen LogP contribution in [0.5, 0.6) is 0 Å². The van der Waals surface area contributed by atoms with E-state index in [1.54, 1.807) is 6.08 Å². The van der Waals surface area contributed by atoms with Crippen molar-refractivity contribution >= 4 is 11.8 Å². The fourth-order valence-electron chi connectivity index (χ4n) is 1.15. The van der Waals surface area contributed by atoms with Gasteiger partial charge in [-0.05, 0) is 25.3 Å². The second-order valence-corrected chi connectivity index (χ2v) is 4.79. The van der Waals surface area contributed by atoms with E-state index in [-0.39, 0.29) is 0 Å². The van der Waals surface area contributed by atoms with Gasteiger partial charge in [0, 0.05) is 9.65 Å². The minimum Gasteiger partial charge on any atom is -0.120 e. The SMILES string of the molecule is C=C/C=C\C(=C)SC1(CC)CC1. The first kappa shape index (κ1) is 9.66. The monoisotopic (exact) mass is 180 g/mol. The summed E-state index contributed by atoms with van der Waals surface area (Å²) in [6, 6.07) is 0. The van der Waals surface area contributed by atoms with Crippen molar-refractivity contribution in [3.63, 3.8) is 0 Å². The molecule has 0 heterocycles. The van der Waals surface area contributed by atoms with Crippen molar-refractivity contribution in [1.29, 1.82) is 0 Å². The molecule has 1 saturated carbocycles. The first-order valence-corrected chi connectivity index (χ1v) is 5.21. The van der Waals surface area contributed by atoms with E-state index in [4.69, 9.17) is 0 Å². The van der Waals surface area contributed by atoms with Gasteiger partial charge in [0.05, 0.1) is 0 Å². The van der Waals surface area contributed by atoms with Gasteiger partial charge in [0.2, 0.25) is 0 Å². The maximum absolute atomic E-state index is 3.99. The third-order valence-corrected chi connectivity index (χ3v) is 3.75. The zero-order valence-electron chi connectivity index (χ0n) is 7.68. The summed E-state index contributed by atoms with van der Waals surface area (Å²) in [5.74, 6) is 0. The summed E-state index contributed by atoms with van der Waals surface area (Å²) in [5.41, 5.74) is 0. The minimum atomic E-state index is 0.544. The maximum Gasteiger partial charge on any atom is 0.0205 e. The van der Waals surface area contributed by atoms with Crippen LogP contribution >= 0.6 is 11.8 Å². The van der Waals surface area contributed by atoms with Crippen LogP contribution in [0, 0.1) is 0 Å². The molecule has 12 heavy (non-hydrogen) atoms. The lowest BCUT2D eigenvalue weighted by atomic mass is 10.3. The minimum absolute atomic E-state index is 0.544. The molecule has 0 bridgehead atoms. The van der Waals surface area contributed by atoms with Gasteiger partial charge < -0.3 is 0 Å². The van der Waals surface area contributed by atoms with Crippen molar-refractivity contribution in [3.05, 3.63) is 36.3 Å². The molecule has 0 spiro atoms. The van der Waals surface area contributed by atoms with E-state index in [2.05, 4.69) is 20.1 Å². The number of allylic oxidation sites excluding steroid dienone is 3. The predicted octanol–water partition coefficient (Wildman–Crippen LogP) is 3.92. The fourth-order valence-corrected chi connectivity index (χ4v) is 2.31. The highest BCUT2D eigenvalue weighted by molar-refractivity contribution is 8.04. The topological polar surface area (TPSA) is 0 Å². The molecule has 0 nitrogen and oxygen atoms in total. The van der Waals surface area contributed by atoms with Gasteiger partial charge in [0.25, 0.3) is 0 Å². The van der Waals surface area contributed by atoms with Crippen LogP contribution in [-0.2, 0) is 0 Å². The Hall–Kier alpha value is -0.430. The second-order valence-electron chi connectivity index (χ2n) is 3.20. The van der Waals surface area contributed by atoms with Gasteiger partial charge in [0.15, 0.2) is 0 Å². The van der Waals surface area contributed by atoms with Crippen molar-refractivity contribution in [3.8, 4) is 0 Å². The summed E-state index contributed by atoms with van der Waals surface area (Å²) in [6.45, 7) is 9.88. The Morgan fingerprint density at radius 3 is 2.67 bits per heavy atom. The van der Waals surface area contributed by atoms with E-state index in [1.807, 2.05) is 23.9 Å². The Kier molecular flexibility index (Phi) is 3.21. The third-order valence-electron chi connectivity index (χ3n) is 2.22. The van der Waals surface area contributed by atoms with Gasteiger partial charge >= 0.3 is 0 Å². The highest BCUT2D eigenvalue weighted by Crippen LogP contribution is 2.53. The van der Waals surface area contributed by atoms with Crippen molar-refractivity contribution in [2.45, 2.75) is 30.9 Å². The van der Waals surface area contributed by atoms with E-state index in [0.29, 0.717) is 4.75 Å². The summed E-state index contributed by atoms with van der Waals surface area (Å²) in [4.78, 5) is 1.16. The molecule has 0 saturated heterocycles. The number of hydrogen-bond acceptors (Lipinski definition) is 1. The molecule has 0 aliphatic heterocycles. The lowest BCUT2D eigenvalue weighted by Crippen LogP contribution is -1.98. The number of hydrogen-bond donors (Lipinski definition) is 0. The highest BCUT2D eigenvalue weighted by atomic mass is 32.2. The molecule has 66 valence electrons. The molecule has 0 N–H and O–H groups in total. The van der Waals surface area contributed by atoms with Gasteiger partial charge in [0.1, 0.15) is 0 Å². The molecule has 0 unspecified atom stereocenters. The Balaban J connectivity index is 2.36. The van der Waals surface area contributed by atoms with Gasteiger partial charge in [-0.15, -0.1) is 11.8 Å². The van der Waals surface area contributed by atoms with Crippen molar-refractivity contribution < 1.29 is 0 Å². The van der Waals surface area contributed by atoms with Gasteiger partial charge in [-0.3, -0.25) is 0 Å². The normalized spacial score (nSPS) is 19.4. The molecule has 0 aromatic carbocycles. The Bertz CT molecular complexity index is 209. The number of rotatable bonds is 5. The zero-order chi connectivity index (χ0) is 9.03. The Morgan fingerprint density at radius 2 is 2.25 bits per heavy atom. The largest absolute Gasteiger partial charge is 0.120 e. The summed E-state index contributed by atoms with van der Waals surface area (Å²) >= 11 is 1.92. The van der Waals surface area contributed by atoms with Gasteiger partial charge in [-0.25, -0.2) is 0 Å². The number of thioether (sulfide) groups is 1. The van der Waals surface area contributed by atoms with Gasteiger partial charge in [-0.2, -0.15) is 0 Å². The van der Waals surface area contributed by atoms with E-state index >= 15 is 0 Å². The molecular formula is C11H16S. The Labute approximate surface area is 79.4 Å². The molecule has 0 amide bonds. The molecule has 1 heteroatoms. The van der Waals surface area contributed by atoms with Crippen molar-refractivity contribution in [2.24, 2.45) is 0 Å². The second kappa shape index (κ2) is 3.99. The van der Waals surface area contributed by atoms with Crippen LogP contribution in [0.1, 0.15) is 26.2 Å². The quantitative estimate of drug-likeness (QED) is 0.578. The van der Waals surface area contributed by atoms with Gasteiger partial charge in [-0.1, -0.05) is 32.2 Å². The van der Waals surface area contributed by atoms with E-state index in [1.165, 1.54) is 19.3 Å². The molecule has 1 aliphatic carbocycles. The molecule has 1 fully saturated rings. The van der Waals surface area contributed by atoms with E-state index in [0.717, 1.165) is 4.91 Å². The summed E-state index contributed by atoms with van der Waals surface area (Å²) < 4.78 is 0.544. The molecule has 0 aromatic rings. The van der Waals surface area contributed by atoms with Crippen LogP contribution in [0.25, 0.3) is 0 Å². The zero-order valence-corrected chi connectivity index (χ0v) is 8.49. The summed E-state index contributed by atoms with van der Waals surface area (Å²) in [7, 11) is 0. The lowest BCUT2D eigenvalue weighted by Gasteiger charge is -2.10. The molecular weight excluding hydrogens is 164 g/mol. The van der Waals surface area contributed by atoms with Crippen LogP contribution in [0.4, 0.5) is 0 Å². The Morgan fingerprint density at radius 1 is 1.58 bits per heavy atom. The van der Waals surface area contributed by atoms with E-state index in [9.17, 15) is 0 Å². The van der Waals surface area contributed by atoms with Crippen LogP contribution in [0.2, 0.25) is 0 Å². The van der Waals surface area contributed by atoms with Crippen molar-refractivity contribution in [2.75, 3.05) is 0 Å². The lowest BCUT2D eigenvalue weighted by molar-refractivity contribution is 0.856. The smallest absolute Gasteiger partial charge is 0.0205 e. The van der Waals surface area contributed by atoms with Crippen LogP contribution in [-0.4, -0.2) is 4.75 Å². The molecule has 0 radical (unpaired) electrons. The first-order valence-electron chi connectivity index (χ1n) is 4.39. The molecule has 0 atom stereocenters. The van der Waals surface area contributed by atoms with Crippen molar-refractivity contribution in [1.82, 2.24) is 0 Å². The maximum atomic E-state index is 3.99.